The minimum Gasteiger partial charge on any atom is -0.462 e. The quantitative estimate of drug-likeness (QED) is 0.428. The number of carbonyl (C=O) groups is 2. The molecule has 0 saturated carbocycles. The van der Waals surface area contributed by atoms with Crippen LogP contribution in [0.15, 0.2) is 18.2 Å². The first-order chi connectivity index (χ1) is 12.2. The van der Waals surface area contributed by atoms with Crippen molar-refractivity contribution in [2.75, 3.05) is 13.2 Å². The minimum absolute atomic E-state index is 0.285. The predicted octanol–water partition coefficient (Wildman–Crippen LogP) is 5.53. The summed E-state index contributed by atoms with van der Waals surface area (Å²) in [5, 5.41) is 0. The van der Waals surface area contributed by atoms with Crippen LogP contribution in [0.2, 0.25) is 0 Å². The molecular weight excluding hydrogens is 328 g/mol. The van der Waals surface area contributed by atoms with E-state index in [9.17, 15) is 9.59 Å². The van der Waals surface area contributed by atoms with Crippen LogP contribution in [0.25, 0.3) is 0 Å². The van der Waals surface area contributed by atoms with Crippen LogP contribution in [0.4, 0.5) is 0 Å². The standard InChI is InChI=1S/C22H34O4/c1-7-8-14-26-21(24)19-17(12-9-13-18(19)22(4,5)6)20(23)25-15-10-11-16(2)3/h9,12-13,16H,7-8,10-11,14-15H2,1-6H3. The number of benzene rings is 1. The molecule has 26 heavy (non-hydrogen) atoms. The maximum absolute atomic E-state index is 12.7. The van der Waals surface area contributed by atoms with Crippen molar-refractivity contribution in [1.29, 1.82) is 0 Å². The van der Waals surface area contributed by atoms with Crippen LogP contribution in [-0.4, -0.2) is 25.2 Å². The molecule has 0 N–H and O–H groups in total. The molecule has 0 bridgehead atoms. The van der Waals surface area contributed by atoms with Gasteiger partial charge in [-0.1, -0.05) is 60.1 Å². The Labute approximate surface area is 158 Å². The predicted molar refractivity (Wildman–Crippen MR) is 105 cm³/mol. The average Bonchev–Trinajstić information content (AvgIpc) is 2.57. The van der Waals surface area contributed by atoms with E-state index in [1.165, 1.54) is 0 Å². The molecule has 0 fully saturated rings. The van der Waals surface area contributed by atoms with E-state index in [-0.39, 0.29) is 5.41 Å². The highest BCUT2D eigenvalue weighted by Crippen LogP contribution is 2.29. The Hall–Kier alpha value is -1.84. The number of carbonyl (C=O) groups excluding carboxylic acids is 2. The van der Waals surface area contributed by atoms with E-state index >= 15 is 0 Å². The van der Waals surface area contributed by atoms with Crippen molar-refractivity contribution in [2.45, 2.75) is 72.6 Å². The molecule has 1 rings (SSSR count). The largest absolute Gasteiger partial charge is 0.462 e. The molecule has 4 heteroatoms. The zero-order chi connectivity index (χ0) is 19.7. The summed E-state index contributed by atoms with van der Waals surface area (Å²) in [5.41, 5.74) is 1.15. The molecule has 0 aromatic heterocycles. The second-order valence-corrected chi connectivity index (χ2v) is 8.14. The number of ether oxygens (including phenoxy) is 2. The van der Waals surface area contributed by atoms with Gasteiger partial charge in [-0.3, -0.25) is 0 Å². The average molecular weight is 363 g/mol. The van der Waals surface area contributed by atoms with Gasteiger partial charge in [0.15, 0.2) is 0 Å². The third kappa shape index (κ3) is 6.81. The molecule has 0 amide bonds. The van der Waals surface area contributed by atoms with Crippen molar-refractivity contribution < 1.29 is 19.1 Å². The Bertz CT molecular complexity index is 597. The highest BCUT2D eigenvalue weighted by atomic mass is 16.5. The fourth-order valence-electron chi connectivity index (χ4n) is 2.68. The number of rotatable bonds is 9. The number of esters is 2. The highest BCUT2D eigenvalue weighted by molar-refractivity contribution is 6.04. The summed E-state index contributed by atoms with van der Waals surface area (Å²) in [6.45, 7) is 13.1. The van der Waals surface area contributed by atoms with Gasteiger partial charge >= 0.3 is 11.9 Å². The lowest BCUT2D eigenvalue weighted by molar-refractivity contribution is 0.0448. The lowest BCUT2D eigenvalue weighted by atomic mass is 9.82. The summed E-state index contributed by atoms with van der Waals surface area (Å²) >= 11 is 0. The van der Waals surface area contributed by atoms with Crippen molar-refractivity contribution in [3.8, 4) is 0 Å². The summed E-state index contributed by atoms with van der Waals surface area (Å²) in [7, 11) is 0. The molecule has 0 aliphatic carbocycles. The Balaban J connectivity index is 3.06. The first kappa shape index (κ1) is 22.2. The zero-order valence-corrected chi connectivity index (χ0v) is 17.2. The minimum atomic E-state index is -0.456. The normalized spacial score (nSPS) is 11.5. The van der Waals surface area contributed by atoms with Crippen LogP contribution in [0.3, 0.4) is 0 Å². The number of hydrogen-bond donors (Lipinski definition) is 0. The lowest BCUT2D eigenvalue weighted by Crippen LogP contribution is -2.23. The van der Waals surface area contributed by atoms with Gasteiger partial charge in [-0.05, 0) is 42.2 Å². The maximum atomic E-state index is 12.7. The van der Waals surface area contributed by atoms with E-state index in [2.05, 4.69) is 13.8 Å². The van der Waals surface area contributed by atoms with Gasteiger partial charge in [0, 0.05) is 0 Å². The second kappa shape index (κ2) is 10.3. The van der Waals surface area contributed by atoms with Crippen molar-refractivity contribution in [3.05, 3.63) is 34.9 Å². The van der Waals surface area contributed by atoms with Gasteiger partial charge in [0.25, 0.3) is 0 Å². The Morgan fingerprint density at radius 1 is 1.00 bits per heavy atom. The first-order valence-electron chi connectivity index (χ1n) is 9.66. The van der Waals surface area contributed by atoms with Crippen LogP contribution in [0, 0.1) is 5.92 Å². The fraction of sp³-hybridized carbons (Fsp3) is 0.636. The molecular formula is C22H34O4. The summed E-state index contributed by atoms with van der Waals surface area (Å²) in [4.78, 5) is 25.3. The van der Waals surface area contributed by atoms with Gasteiger partial charge in [-0.15, -0.1) is 0 Å². The van der Waals surface area contributed by atoms with Crippen molar-refractivity contribution in [2.24, 2.45) is 5.92 Å². The summed E-state index contributed by atoms with van der Waals surface area (Å²) < 4.78 is 10.8. The van der Waals surface area contributed by atoms with Crippen LogP contribution in [0.5, 0.6) is 0 Å². The molecule has 0 spiro atoms. The fourth-order valence-corrected chi connectivity index (χ4v) is 2.68. The molecule has 0 aliphatic rings. The Kier molecular flexibility index (Phi) is 8.83. The lowest BCUT2D eigenvalue weighted by Gasteiger charge is -2.23. The molecule has 4 nitrogen and oxygen atoms in total. The van der Waals surface area contributed by atoms with Crippen molar-refractivity contribution in [1.82, 2.24) is 0 Å². The summed E-state index contributed by atoms with van der Waals surface area (Å²) in [5.74, 6) is -0.331. The van der Waals surface area contributed by atoms with E-state index in [1.54, 1.807) is 12.1 Å². The molecule has 1 aromatic rings. The second-order valence-electron chi connectivity index (χ2n) is 8.14. The first-order valence-corrected chi connectivity index (χ1v) is 9.66. The SMILES string of the molecule is CCCCOC(=O)c1c(C(=O)OCCCC(C)C)cccc1C(C)(C)C. The molecule has 0 unspecified atom stereocenters. The van der Waals surface area contributed by atoms with Gasteiger partial charge in [0.1, 0.15) is 0 Å². The molecule has 0 saturated heterocycles. The van der Waals surface area contributed by atoms with E-state index in [4.69, 9.17) is 9.47 Å². The van der Waals surface area contributed by atoms with Crippen LogP contribution in [-0.2, 0) is 14.9 Å². The van der Waals surface area contributed by atoms with Gasteiger partial charge in [0.05, 0.1) is 24.3 Å². The van der Waals surface area contributed by atoms with Crippen LogP contribution < -0.4 is 0 Å². The number of hydrogen-bond acceptors (Lipinski definition) is 4. The van der Waals surface area contributed by atoms with Gasteiger partial charge in [0.2, 0.25) is 0 Å². The monoisotopic (exact) mass is 362 g/mol. The smallest absolute Gasteiger partial charge is 0.339 e. The molecule has 146 valence electrons. The third-order valence-corrected chi connectivity index (χ3v) is 4.19. The summed E-state index contributed by atoms with van der Waals surface area (Å²) in [6.07, 6.45) is 3.57. The highest BCUT2D eigenvalue weighted by Gasteiger charge is 2.28. The molecule has 1 aromatic carbocycles. The van der Waals surface area contributed by atoms with E-state index in [0.717, 1.165) is 31.2 Å². The van der Waals surface area contributed by atoms with Crippen molar-refractivity contribution in [3.63, 3.8) is 0 Å². The van der Waals surface area contributed by atoms with E-state index < -0.39 is 11.9 Å². The number of unbranched alkanes of at least 4 members (excludes halogenated alkanes) is 1. The zero-order valence-electron chi connectivity index (χ0n) is 17.2. The van der Waals surface area contributed by atoms with E-state index in [0.29, 0.717) is 30.3 Å². The van der Waals surface area contributed by atoms with Crippen LogP contribution >= 0.6 is 0 Å². The van der Waals surface area contributed by atoms with Gasteiger partial charge in [-0.2, -0.15) is 0 Å². The maximum Gasteiger partial charge on any atom is 0.339 e. The molecule has 0 radical (unpaired) electrons. The van der Waals surface area contributed by atoms with Gasteiger partial charge in [-0.25, -0.2) is 9.59 Å². The molecule has 0 aliphatic heterocycles. The Morgan fingerprint density at radius 2 is 1.62 bits per heavy atom. The van der Waals surface area contributed by atoms with Crippen molar-refractivity contribution >= 4 is 11.9 Å². The summed E-state index contributed by atoms with van der Waals surface area (Å²) in [6, 6.07) is 5.33. The Morgan fingerprint density at radius 3 is 2.19 bits per heavy atom. The van der Waals surface area contributed by atoms with Crippen LogP contribution in [0.1, 0.15) is 93.5 Å². The molecule has 0 atom stereocenters. The topological polar surface area (TPSA) is 52.6 Å². The van der Waals surface area contributed by atoms with E-state index in [1.807, 2.05) is 33.8 Å². The van der Waals surface area contributed by atoms with Gasteiger partial charge < -0.3 is 9.47 Å². The third-order valence-electron chi connectivity index (χ3n) is 4.19. The molecule has 0 heterocycles.